The van der Waals surface area contributed by atoms with Crippen LogP contribution in [0.3, 0.4) is 0 Å². The number of carbonyl (C=O) groups excluding carboxylic acids is 2. The first-order valence-electron chi connectivity index (χ1n) is 10.8. The van der Waals surface area contributed by atoms with Crippen molar-refractivity contribution in [3.8, 4) is 5.75 Å². The third kappa shape index (κ3) is 4.14. The zero-order valence-electron chi connectivity index (χ0n) is 19.2. The van der Waals surface area contributed by atoms with Crippen molar-refractivity contribution in [2.75, 3.05) is 13.7 Å². The Morgan fingerprint density at radius 2 is 2.12 bits per heavy atom. The van der Waals surface area contributed by atoms with Crippen molar-refractivity contribution in [1.82, 2.24) is 20.0 Å². The summed E-state index contributed by atoms with van der Waals surface area (Å²) in [5.41, 5.74) is 1.77. The standard InChI is InChI=1S/C24H30N4O4/c1-16(2)32-21-10-20-18(11-28(26-20)24-12-23(4,13-24)31-14-24)9-19(21)22(30)25-17(3)7-6-8-27(5)15-29/h6-11,15-16H,12-14H2,1-5H3,(H,25,30)/b8-6-,17-7+. The molecule has 2 saturated heterocycles. The molecule has 1 aromatic heterocycles. The predicted molar refractivity (Wildman–Crippen MR) is 121 cm³/mol. The number of amides is 2. The maximum absolute atomic E-state index is 13.1. The number of allylic oxidation sites excluding steroid dienone is 3. The zero-order valence-corrected chi connectivity index (χ0v) is 19.2. The summed E-state index contributed by atoms with van der Waals surface area (Å²) >= 11 is 0. The SMILES string of the molecule is C/C(=C\C=C/N(C)C=O)NC(=O)c1cc2cn(C34COC(C)(C3)C4)nc2cc1OC(C)C. The second-order valence-electron chi connectivity index (χ2n) is 9.38. The van der Waals surface area contributed by atoms with Gasteiger partial charge in [-0.05, 0) is 45.9 Å². The van der Waals surface area contributed by atoms with Crippen molar-refractivity contribution < 1.29 is 19.1 Å². The van der Waals surface area contributed by atoms with E-state index in [-0.39, 0.29) is 23.2 Å². The van der Waals surface area contributed by atoms with Gasteiger partial charge in [0.2, 0.25) is 6.41 Å². The van der Waals surface area contributed by atoms with Crippen LogP contribution in [0.4, 0.5) is 0 Å². The molecule has 1 saturated carbocycles. The van der Waals surface area contributed by atoms with Gasteiger partial charge in [-0.2, -0.15) is 5.10 Å². The number of benzene rings is 1. The Labute approximate surface area is 187 Å². The van der Waals surface area contributed by atoms with E-state index in [2.05, 4.69) is 12.2 Å². The zero-order chi connectivity index (χ0) is 23.1. The van der Waals surface area contributed by atoms with Gasteiger partial charge in [0, 0.05) is 49.4 Å². The highest BCUT2D eigenvalue weighted by molar-refractivity contribution is 6.01. The van der Waals surface area contributed by atoms with E-state index < -0.39 is 0 Å². The normalized spacial score (nSPS) is 24.8. The van der Waals surface area contributed by atoms with Gasteiger partial charge in [0.15, 0.2) is 0 Å². The molecule has 170 valence electrons. The molecule has 5 rings (SSSR count). The summed E-state index contributed by atoms with van der Waals surface area (Å²) in [6, 6.07) is 3.67. The average Bonchev–Trinajstić information content (AvgIpc) is 3.37. The fraction of sp³-hybridized carbons (Fsp3) is 0.458. The Balaban J connectivity index is 1.62. The molecule has 1 aliphatic carbocycles. The first-order chi connectivity index (χ1) is 15.1. The molecule has 3 fully saturated rings. The first-order valence-corrected chi connectivity index (χ1v) is 10.8. The molecule has 0 unspecified atom stereocenters. The topological polar surface area (TPSA) is 85.7 Å². The van der Waals surface area contributed by atoms with Gasteiger partial charge in [-0.1, -0.05) is 0 Å². The summed E-state index contributed by atoms with van der Waals surface area (Å²) in [5, 5.41) is 8.57. The molecule has 3 aliphatic rings. The predicted octanol–water partition coefficient (Wildman–Crippen LogP) is 3.34. The fourth-order valence-corrected chi connectivity index (χ4v) is 4.55. The minimum Gasteiger partial charge on any atom is -0.490 e. The quantitative estimate of drug-likeness (QED) is 0.505. The van der Waals surface area contributed by atoms with Crippen LogP contribution >= 0.6 is 0 Å². The van der Waals surface area contributed by atoms with Crippen molar-refractivity contribution >= 4 is 23.2 Å². The van der Waals surface area contributed by atoms with Crippen LogP contribution in [0.5, 0.6) is 5.75 Å². The van der Waals surface area contributed by atoms with Gasteiger partial charge in [-0.25, -0.2) is 0 Å². The third-order valence-electron chi connectivity index (χ3n) is 5.94. The molecule has 1 N–H and O–H groups in total. The molecule has 0 spiro atoms. The second kappa shape index (κ2) is 8.09. The molecular weight excluding hydrogens is 408 g/mol. The molecule has 3 heterocycles. The van der Waals surface area contributed by atoms with Crippen molar-refractivity contribution in [2.24, 2.45) is 0 Å². The summed E-state index contributed by atoms with van der Waals surface area (Å²) in [7, 11) is 1.64. The summed E-state index contributed by atoms with van der Waals surface area (Å²) in [6.45, 7) is 8.44. The van der Waals surface area contributed by atoms with Gasteiger partial charge < -0.3 is 19.7 Å². The Kier molecular flexibility index (Phi) is 5.58. The number of carbonyl (C=O) groups is 2. The van der Waals surface area contributed by atoms with Gasteiger partial charge in [-0.3, -0.25) is 14.3 Å². The second-order valence-corrected chi connectivity index (χ2v) is 9.38. The Morgan fingerprint density at radius 1 is 1.38 bits per heavy atom. The number of ether oxygens (including phenoxy) is 2. The van der Waals surface area contributed by atoms with E-state index in [1.165, 1.54) is 4.90 Å². The van der Waals surface area contributed by atoms with Crippen LogP contribution in [0.1, 0.15) is 50.9 Å². The molecule has 32 heavy (non-hydrogen) atoms. The maximum atomic E-state index is 13.1. The lowest BCUT2D eigenvalue weighted by molar-refractivity contribution is -0.115. The molecular formula is C24H30N4O4. The highest BCUT2D eigenvalue weighted by Gasteiger charge is 2.61. The summed E-state index contributed by atoms with van der Waals surface area (Å²) in [4.78, 5) is 25.1. The molecule has 1 aromatic carbocycles. The Hall–Kier alpha value is -3.13. The van der Waals surface area contributed by atoms with Crippen molar-refractivity contribution in [2.45, 2.75) is 57.8 Å². The lowest BCUT2D eigenvalue weighted by Gasteiger charge is -2.42. The van der Waals surface area contributed by atoms with Crippen molar-refractivity contribution in [3.63, 3.8) is 0 Å². The van der Waals surface area contributed by atoms with Crippen LogP contribution in [-0.4, -0.2) is 52.4 Å². The van der Waals surface area contributed by atoms with Crippen LogP contribution in [-0.2, 0) is 15.1 Å². The van der Waals surface area contributed by atoms with E-state index in [0.29, 0.717) is 30.0 Å². The number of aromatic nitrogens is 2. The number of fused-ring (bicyclic) bond motifs is 2. The summed E-state index contributed by atoms with van der Waals surface area (Å²) < 4.78 is 13.9. The molecule has 2 amide bonds. The van der Waals surface area contributed by atoms with E-state index in [4.69, 9.17) is 14.6 Å². The van der Waals surface area contributed by atoms with Crippen LogP contribution < -0.4 is 10.1 Å². The minimum absolute atomic E-state index is 0.0338. The number of nitrogens with zero attached hydrogens (tertiary/aromatic N) is 3. The Bertz CT molecular complexity index is 1110. The number of rotatable bonds is 8. The molecule has 2 aromatic rings. The average molecular weight is 439 g/mol. The number of nitrogens with one attached hydrogen (secondary N) is 1. The van der Waals surface area contributed by atoms with Gasteiger partial charge in [0.05, 0.1) is 34.9 Å². The lowest BCUT2D eigenvalue weighted by atomic mass is 9.69. The highest BCUT2D eigenvalue weighted by atomic mass is 16.5. The van der Waals surface area contributed by atoms with E-state index in [1.807, 2.05) is 36.9 Å². The molecule has 2 aliphatic heterocycles. The fourth-order valence-electron chi connectivity index (χ4n) is 4.55. The van der Waals surface area contributed by atoms with Crippen molar-refractivity contribution in [1.29, 1.82) is 0 Å². The molecule has 2 bridgehead atoms. The number of hydrogen-bond acceptors (Lipinski definition) is 5. The molecule has 0 radical (unpaired) electrons. The molecule has 8 heteroatoms. The summed E-state index contributed by atoms with van der Waals surface area (Å²) in [5.74, 6) is 0.234. The van der Waals surface area contributed by atoms with E-state index in [1.54, 1.807) is 32.3 Å². The first kappa shape index (κ1) is 22.1. The smallest absolute Gasteiger partial charge is 0.259 e. The monoisotopic (exact) mass is 438 g/mol. The highest BCUT2D eigenvalue weighted by Crippen LogP contribution is 2.55. The lowest BCUT2D eigenvalue weighted by Crippen LogP contribution is -2.49. The van der Waals surface area contributed by atoms with Crippen LogP contribution in [0.25, 0.3) is 10.9 Å². The van der Waals surface area contributed by atoms with Gasteiger partial charge in [0.1, 0.15) is 5.75 Å². The van der Waals surface area contributed by atoms with Gasteiger partial charge in [-0.15, -0.1) is 0 Å². The molecule has 8 nitrogen and oxygen atoms in total. The third-order valence-corrected chi connectivity index (χ3v) is 5.94. The summed E-state index contributed by atoms with van der Waals surface area (Å²) in [6.07, 6.45) is 9.54. The molecule has 0 atom stereocenters. The van der Waals surface area contributed by atoms with E-state index >= 15 is 0 Å². The van der Waals surface area contributed by atoms with Gasteiger partial charge >= 0.3 is 0 Å². The van der Waals surface area contributed by atoms with E-state index in [9.17, 15) is 9.59 Å². The van der Waals surface area contributed by atoms with Crippen molar-refractivity contribution in [3.05, 3.63) is 47.9 Å². The van der Waals surface area contributed by atoms with Crippen LogP contribution in [0.15, 0.2) is 42.4 Å². The van der Waals surface area contributed by atoms with Crippen LogP contribution in [0, 0.1) is 0 Å². The van der Waals surface area contributed by atoms with Crippen LogP contribution in [0.2, 0.25) is 0 Å². The minimum atomic E-state index is -0.264. The van der Waals surface area contributed by atoms with E-state index in [0.717, 1.165) is 23.7 Å². The Morgan fingerprint density at radius 3 is 2.75 bits per heavy atom. The largest absolute Gasteiger partial charge is 0.490 e. The van der Waals surface area contributed by atoms with Gasteiger partial charge in [0.25, 0.3) is 5.91 Å². The number of hydrogen-bond donors (Lipinski definition) is 1. The maximum Gasteiger partial charge on any atom is 0.259 e.